The fraction of sp³-hybridized carbons (Fsp3) is 0.250. The molecule has 0 bridgehead atoms. The number of fused-ring (bicyclic) bond motifs is 1. The third-order valence-corrected chi connectivity index (χ3v) is 4.95. The van der Waals surface area contributed by atoms with Gasteiger partial charge in [0.25, 0.3) is 5.91 Å². The van der Waals surface area contributed by atoms with Crippen molar-refractivity contribution in [3.8, 4) is 0 Å². The summed E-state index contributed by atoms with van der Waals surface area (Å²) < 4.78 is 26.7. The van der Waals surface area contributed by atoms with Gasteiger partial charge >= 0.3 is 0 Å². The molecule has 1 aliphatic rings. The first kappa shape index (κ1) is 15.8. The number of hydrogen-bond acceptors (Lipinski definition) is 1. The van der Waals surface area contributed by atoms with Crippen molar-refractivity contribution in [2.45, 2.75) is 18.8 Å². The lowest BCUT2D eigenvalue weighted by Crippen LogP contribution is -2.38. The number of aromatic nitrogens is 1. The average Bonchev–Trinajstić information content (AvgIpc) is 3.04. The molecule has 0 atom stereocenters. The smallest absolute Gasteiger partial charge is 0.254 e. The van der Waals surface area contributed by atoms with Gasteiger partial charge in [0.15, 0.2) is 0 Å². The van der Waals surface area contributed by atoms with Gasteiger partial charge in [0.1, 0.15) is 11.6 Å². The van der Waals surface area contributed by atoms with Gasteiger partial charge in [-0.1, -0.05) is 18.2 Å². The number of hydrogen-bond donors (Lipinski definition) is 1. The minimum atomic E-state index is -0.725. The zero-order valence-electron chi connectivity index (χ0n) is 13.6. The SMILES string of the molecule is O=C(c1cc(F)cc(F)c1)N1CCC(c2c[nH]c3ccccc23)CC1. The average molecular weight is 340 g/mol. The fourth-order valence-corrected chi connectivity index (χ4v) is 3.69. The molecule has 0 spiro atoms. The highest BCUT2D eigenvalue weighted by Gasteiger charge is 2.26. The number of piperidine rings is 1. The van der Waals surface area contributed by atoms with E-state index in [-0.39, 0.29) is 11.5 Å². The van der Waals surface area contributed by atoms with Gasteiger partial charge in [-0.15, -0.1) is 0 Å². The maximum absolute atomic E-state index is 13.3. The lowest BCUT2D eigenvalue weighted by molar-refractivity contribution is 0.0712. The van der Waals surface area contributed by atoms with Gasteiger partial charge < -0.3 is 9.88 Å². The van der Waals surface area contributed by atoms with E-state index in [0.29, 0.717) is 19.0 Å². The van der Waals surface area contributed by atoms with Crippen molar-refractivity contribution in [3.05, 3.63) is 71.4 Å². The summed E-state index contributed by atoms with van der Waals surface area (Å²) in [5.74, 6) is -1.38. The van der Waals surface area contributed by atoms with Crippen LogP contribution in [0.3, 0.4) is 0 Å². The molecule has 2 aromatic carbocycles. The first-order valence-corrected chi connectivity index (χ1v) is 8.43. The highest BCUT2D eigenvalue weighted by molar-refractivity contribution is 5.94. The van der Waals surface area contributed by atoms with E-state index in [1.54, 1.807) is 4.90 Å². The summed E-state index contributed by atoms with van der Waals surface area (Å²) in [6, 6.07) is 11.2. The van der Waals surface area contributed by atoms with Gasteiger partial charge in [0.05, 0.1) is 0 Å². The van der Waals surface area contributed by atoms with E-state index in [4.69, 9.17) is 0 Å². The number of aromatic amines is 1. The molecule has 5 heteroatoms. The summed E-state index contributed by atoms with van der Waals surface area (Å²) in [5.41, 5.74) is 2.47. The van der Waals surface area contributed by atoms with E-state index < -0.39 is 11.6 Å². The summed E-state index contributed by atoms with van der Waals surface area (Å²) in [6.07, 6.45) is 3.73. The zero-order chi connectivity index (χ0) is 17.4. The van der Waals surface area contributed by atoms with Crippen LogP contribution < -0.4 is 0 Å². The van der Waals surface area contributed by atoms with Crippen LogP contribution >= 0.6 is 0 Å². The Labute approximate surface area is 144 Å². The number of halogens is 2. The molecule has 0 aliphatic carbocycles. The molecule has 3 aromatic rings. The fourth-order valence-electron chi connectivity index (χ4n) is 3.69. The molecule has 4 rings (SSSR count). The van der Waals surface area contributed by atoms with Crippen LogP contribution in [0.25, 0.3) is 10.9 Å². The zero-order valence-corrected chi connectivity index (χ0v) is 13.6. The molecule has 1 aromatic heterocycles. The second kappa shape index (κ2) is 6.31. The Hall–Kier alpha value is -2.69. The van der Waals surface area contributed by atoms with Crippen molar-refractivity contribution in [1.82, 2.24) is 9.88 Å². The molecule has 2 heterocycles. The second-order valence-corrected chi connectivity index (χ2v) is 6.51. The highest BCUT2D eigenvalue weighted by atomic mass is 19.1. The molecule has 128 valence electrons. The van der Waals surface area contributed by atoms with E-state index in [2.05, 4.69) is 23.3 Å². The van der Waals surface area contributed by atoms with Gasteiger partial charge in [-0.05, 0) is 42.5 Å². The monoisotopic (exact) mass is 340 g/mol. The van der Waals surface area contributed by atoms with Gasteiger partial charge in [-0.3, -0.25) is 4.79 Å². The Morgan fingerprint density at radius 3 is 2.44 bits per heavy atom. The topological polar surface area (TPSA) is 36.1 Å². The number of rotatable bonds is 2. The van der Waals surface area contributed by atoms with Crippen molar-refractivity contribution in [1.29, 1.82) is 0 Å². The molecule has 0 unspecified atom stereocenters. The first-order chi connectivity index (χ1) is 12.1. The third-order valence-electron chi connectivity index (χ3n) is 4.95. The van der Waals surface area contributed by atoms with Crippen LogP contribution in [-0.4, -0.2) is 28.9 Å². The summed E-state index contributed by atoms with van der Waals surface area (Å²) in [6.45, 7) is 1.17. The van der Waals surface area contributed by atoms with Gasteiger partial charge in [-0.2, -0.15) is 0 Å². The second-order valence-electron chi connectivity index (χ2n) is 6.51. The Bertz CT molecular complexity index is 906. The Kier molecular flexibility index (Phi) is 3.99. The first-order valence-electron chi connectivity index (χ1n) is 8.43. The molecule has 1 amide bonds. The predicted molar refractivity (Wildman–Crippen MR) is 92.5 cm³/mol. The van der Waals surface area contributed by atoms with Crippen molar-refractivity contribution < 1.29 is 13.6 Å². The largest absolute Gasteiger partial charge is 0.361 e. The molecular weight excluding hydrogens is 322 g/mol. The van der Waals surface area contributed by atoms with Gasteiger partial charge in [-0.25, -0.2) is 8.78 Å². The number of carbonyl (C=O) groups excluding carboxylic acids is 1. The summed E-state index contributed by atoms with van der Waals surface area (Å²) in [4.78, 5) is 17.5. The molecule has 1 saturated heterocycles. The maximum atomic E-state index is 13.3. The van der Waals surface area contributed by atoms with Gasteiger partial charge in [0, 0.05) is 41.8 Å². The molecule has 3 nitrogen and oxygen atoms in total. The molecule has 0 radical (unpaired) electrons. The van der Waals surface area contributed by atoms with Crippen LogP contribution in [0.1, 0.15) is 34.7 Å². The van der Waals surface area contributed by atoms with E-state index in [1.165, 1.54) is 10.9 Å². The van der Waals surface area contributed by atoms with Crippen molar-refractivity contribution in [2.75, 3.05) is 13.1 Å². The quantitative estimate of drug-likeness (QED) is 0.734. The van der Waals surface area contributed by atoms with Crippen LogP contribution in [0.2, 0.25) is 0 Å². The van der Waals surface area contributed by atoms with Crippen molar-refractivity contribution >= 4 is 16.8 Å². The number of amides is 1. The molecule has 1 aliphatic heterocycles. The van der Waals surface area contributed by atoms with Crippen LogP contribution in [0.5, 0.6) is 0 Å². The lowest BCUT2D eigenvalue weighted by Gasteiger charge is -2.32. The van der Waals surface area contributed by atoms with Crippen molar-refractivity contribution in [3.63, 3.8) is 0 Å². The van der Waals surface area contributed by atoms with Gasteiger partial charge in [0.2, 0.25) is 0 Å². The molecule has 0 saturated carbocycles. The number of likely N-dealkylation sites (tertiary alicyclic amines) is 1. The molecule has 1 N–H and O–H groups in total. The highest BCUT2D eigenvalue weighted by Crippen LogP contribution is 2.33. The number of nitrogens with one attached hydrogen (secondary N) is 1. The van der Waals surface area contributed by atoms with Crippen LogP contribution in [0, 0.1) is 11.6 Å². The Balaban J connectivity index is 1.48. The summed E-state index contributed by atoms with van der Waals surface area (Å²) in [7, 11) is 0. The number of para-hydroxylation sites is 1. The molecule has 25 heavy (non-hydrogen) atoms. The Morgan fingerprint density at radius 1 is 1.04 bits per heavy atom. The third kappa shape index (κ3) is 3.02. The summed E-state index contributed by atoms with van der Waals surface area (Å²) >= 11 is 0. The predicted octanol–water partition coefficient (Wildman–Crippen LogP) is 4.47. The minimum Gasteiger partial charge on any atom is -0.361 e. The Morgan fingerprint density at radius 2 is 1.72 bits per heavy atom. The van der Waals surface area contributed by atoms with Crippen molar-refractivity contribution in [2.24, 2.45) is 0 Å². The lowest BCUT2D eigenvalue weighted by atomic mass is 9.89. The van der Waals surface area contributed by atoms with E-state index in [9.17, 15) is 13.6 Å². The molecular formula is C20H18F2N2O. The van der Waals surface area contributed by atoms with Crippen LogP contribution in [0.4, 0.5) is 8.78 Å². The van der Waals surface area contributed by atoms with Crippen LogP contribution in [-0.2, 0) is 0 Å². The summed E-state index contributed by atoms with van der Waals surface area (Å²) in [5, 5.41) is 1.22. The molecule has 1 fully saturated rings. The van der Waals surface area contributed by atoms with E-state index >= 15 is 0 Å². The number of H-pyrrole nitrogens is 1. The number of carbonyl (C=O) groups is 1. The number of nitrogens with zero attached hydrogens (tertiary/aromatic N) is 1. The standard InChI is InChI=1S/C20H18F2N2O/c21-15-9-14(10-16(22)11-15)20(25)24-7-5-13(6-8-24)18-12-23-19-4-2-1-3-17(18)19/h1-4,9-13,23H,5-8H2. The minimum absolute atomic E-state index is 0.0723. The van der Waals surface area contributed by atoms with E-state index in [1.807, 2.05) is 12.1 Å². The maximum Gasteiger partial charge on any atom is 0.254 e. The normalized spacial score (nSPS) is 15.7. The van der Waals surface area contributed by atoms with E-state index in [0.717, 1.165) is 36.6 Å². The van der Waals surface area contributed by atoms with Crippen LogP contribution in [0.15, 0.2) is 48.7 Å². The number of benzene rings is 2.